The summed E-state index contributed by atoms with van der Waals surface area (Å²) in [5.74, 6) is 1.00. The number of amides is 1. The number of carbonyl (C=O) groups is 1. The molecule has 0 saturated heterocycles. The molecule has 1 N–H and O–H groups in total. The maximum atomic E-state index is 11.9. The number of hydrogen-bond acceptors (Lipinski definition) is 3. The Bertz CT molecular complexity index is 510. The van der Waals surface area contributed by atoms with Crippen molar-refractivity contribution in [2.45, 2.75) is 64.4 Å². The zero-order chi connectivity index (χ0) is 17.2. The summed E-state index contributed by atoms with van der Waals surface area (Å²) in [4.78, 5) is 11.9. The third kappa shape index (κ3) is 6.52. The van der Waals surface area contributed by atoms with E-state index in [-0.39, 0.29) is 5.91 Å². The maximum Gasteiger partial charge on any atom is 0.220 e. The zero-order valence-corrected chi connectivity index (χ0v) is 15.1. The van der Waals surface area contributed by atoms with Crippen LogP contribution in [0.3, 0.4) is 0 Å². The Kier molecular flexibility index (Phi) is 8.10. The van der Waals surface area contributed by atoms with E-state index in [1.54, 1.807) is 7.11 Å². The van der Waals surface area contributed by atoms with Gasteiger partial charge in [-0.1, -0.05) is 31.4 Å². The van der Waals surface area contributed by atoms with Crippen LogP contribution in [0.25, 0.3) is 0 Å². The quantitative estimate of drug-likeness (QED) is 0.699. The number of ether oxygens (including phenoxy) is 2. The normalized spacial score (nSPS) is 15.2. The molecule has 134 valence electrons. The average molecular weight is 333 g/mol. The molecule has 0 atom stereocenters. The summed E-state index contributed by atoms with van der Waals surface area (Å²) in [7, 11) is 1.67. The molecule has 1 aliphatic carbocycles. The van der Waals surface area contributed by atoms with Gasteiger partial charge >= 0.3 is 0 Å². The smallest absolute Gasteiger partial charge is 0.220 e. The second-order valence-corrected chi connectivity index (χ2v) is 6.64. The monoisotopic (exact) mass is 333 g/mol. The minimum Gasteiger partial charge on any atom is -0.496 e. The van der Waals surface area contributed by atoms with E-state index >= 15 is 0 Å². The van der Waals surface area contributed by atoms with Crippen LogP contribution in [-0.2, 0) is 16.0 Å². The molecule has 0 radical (unpaired) electrons. The molecule has 0 unspecified atom stereocenters. The summed E-state index contributed by atoms with van der Waals surface area (Å²) in [5, 5.41) is 2.98. The topological polar surface area (TPSA) is 47.6 Å². The Morgan fingerprint density at radius 2 is 2.04 bits per heavy atom. The average Bonchev–Trinajstić information content (AvgIpc) is 2.60. The van der Waals surface area contributed by atoms with E-state index in [1.807, 2.05) is 19.1 Å². The number of hydrogen-bond donors (Lipinski definition) is 1. The highest BCUT2D eigenvalue weighted by Crippen LogP contribution is 2.20. The van der Waals surface area contributed by atoms with Crippen molar-refractivity contribution in [1.29, 1.82) is 0 Å². The van der Waals surface area contributed by atoms with Gasteiger partial charge in [0.1, 0.15) is 5.75 Å². The lowest BCUT2D eigenvalue weighted by molar-refractivity contribution is -0.121. The summed E-state index contributed by atoms with van der Waals surface area (Å²) < 4.78 is 11.1. The summed E-state index contributed by atoms with van der Waals surface area (Å²) in [6.45, 7) is 3.48. The molecule has 1 aromatic rings. The van der Waals surface area contributed by atoms with Crippen LogP contribution in [0.2, 0.25) is 0 Å². The van der Waals surface area contributed by atoms with Gasteiger partial charge in [0.25, 0.3) is 0 Å². The predicted molar refractivity (Wildman–Crippen MR) is 96.5 cm³/mol. The fourth-order valence-corrected chi connectivity index (χ4v) is 3.22. The van der Waals surface area contributed by atoms with Gasteiger partial charge in [-0.25, -0.2) is 0 Å². The molecule has 2 rings (SSSR count). The summed E-state index contributed by atoms with van der Waals surface area (Å²) in [6.07, 6.45) is 8.98. The lowest BCUT2D eigenvalue weighted by Gasteiger charge is -2.21. The van der Waals surface area contributed by atoms with E-state index in [0.29, 0.717) is 19.1 Å². The highest BCUT2D eigenvalue weighted by molar-refractivity contribution is 5.76. The van der Waals surface area contributed by atoms with E-state index < -0.39 is 0 Å². The minimum atomic E-state index is 0.112. The van der Waals surface area contributed by atoms with Gasteiger partial charge in [-0.2, -0.15) is 0 Å². The number of nitrogens with one attached hydrogen (secondary N) is 1. The van der Waals surface area contributed by atoms with Crippen LogP contribution in [0.1, 0.15) is 56.1 Å². The van der Waals surface area contributed by atoms with E-state index in [2.05, 4.69) is 11.4 Å². The predicted octanol–water partition coefficient (Wildman–Crippen LogP) is 3.79. The molecule has 1 fully saturated rings. The van der Waals surface area contributed by atoms with E-state index in [1.165, 1.54) is 37.7 Å². The molecule has 0 aliphatic heterocycles. The van der Waals surface area contributed by atoms with Gasteiger partial charge in [0.2, 0.25) is 5.91 Å². The molecular formula is C20H31NO3. The van der Waals surface area contributed by atoms with Gasteiger partial charge < -0.3 is 14.8 Å². The third-order valence-corrected chi connectivity index (χ3v) is 4.65. The molecular weight excluding hydrogens is 302 g/mol. The first-order chi connectivity index (χ1) is 11.7. The van der Waals surface area contributed by atoms with Crippen LogP contribution in [0.5, 0.6) is 5.75 Å². The highest BCUT2D eigenvalue weighted by Gasteiger charge is 2.13. The Balaban J connectivity index is 1.55. The second kappa shape index (κ2) is 10.3. The third-order valence-electron chi connectivity index (χ3n) is 4.65. The van der Waals surface area contributed by atoms with E-state index in [0.717, 1.165) is 30.8 Å². The molecule has 4 heteroatoms. The van der Waals surface area contributed by atoms with Crippen LogP contribution >= 0.6 is 0 Å². The lowest BCUT2D eigenvalue weighted by Crippen LogP contribution is -2.26. The van der Waals surface area contributed by atoms with Crippen molar-refractivity contribution >= 4 is 5.91 Å². The van der Waals surface area contributed by atoms with E-state index in [4.69, 9.17) is 9.47 Å². The van der Waals surface area contributed by atoms with Gasteiger partial charge in [-0.3, -0.25) is 4.79 Å². The fraction of sp³-hybridized carbons (Fsp3) is 0.650. The number of methoxy groups -OCH3 is 1. The Morgan fingerprint density at radius 3 is 2.75 bits per heavy atom. The first-order valence-corrected chi connectivity index (χ1v) is 9.21. The largest absolute Gasteiger partial charge is 0.496 e. The van der Waals surface area contributed by atoms with E-state index in [9.17, 15) is 4.79 Å². The first-order valence-electron chi connectivity index (χ1n) is 9.21. The second-order valence-electron chi connectivity index (χ2n) is 6.64. The van der Waals surface area contributed by atoms with Gasteiger partial charge in [0.05, 0.1) is 13.2 Å². The van der Waals surface area contributed by atoms with Gasteiger partial charge in [0, 0.05) is 19.6 Å². The van der Waals surface area contributed by atoms with Gasteiger partial charge in [0.15, 0.2) is 0 Å². The van der Waals surface area contributed by atoms with Crippen molar-refractivity contribution in [3.63, 3.8) is 0 Å². The molecule has 24 heavy (non-hydrogen) atoms. The molecule has 1 aromatic carbocycles. The van der Waals surface area contributed by atoms with Crippen LogP contribution in [-0.4, -0.2) is 32.3 Å². The molecule has 1 amide bonds. The molecule has 1 saturated carbocycles. The number of benzene rings is 1. The SMILES string of the molecule is COc1ccc(CCC(=O)NCCCOC2CCCCC2)cc1C. The standard InChI is InChI=1S/C20H31NO3/c1-16-15-17(9-11-19(16)23-2)10-12-20(22)21-13-6-14-24-18-7-4-3-5-8-18/h9,11,15,18H,3-8,10,12-14H2,1-2H3,(H,21,22). The maximum absolute atomic E-state index is 11.9. The van der Waals surface area contributed by atoms with Crippen molar-refractivity contribution in [3.8, 4) is 5.75 Å². The van der Waals surface area contributed by atoms with Crippen molar-refractivity contribution in [2.75, 3.05) is 20.3 Å². The van der Waals surface area contributed by atoms with Crippen molar-refractivity contribution in [3.05, 3.63) is 29.3 Å². The summed E-state index contributed by atoms with van der Waals surface area (Å²) in [5.41, 5.74) is 2.28. The number of rotatable bonds is 9. The molecule has 0 aromatic heterocycles. The molecule has 0 spiro atoms. The highest BCUT2D eigenvalue weighted by atomic mass is 16.5. The van der Waals surface area contributed by atoms with Crippen molar-refractivity contribution < 1.29 is 14.3 Å². The first kappa shape index (κ1) is 18.8. The molecule has 0 bridgehead atoms. The van der Waals surface area contributed by atoms with Crippen LogP contribution in [0.15, 0.2) is 18.2 Å². The molecule has 1 aliphatic rings. The number of aryl methyl sites for hydroxylation is 2. The van der Waals surface area contributed by atoms with Gasteiger partial charge in [-0.05, 0) is 49.8 Å². The minimum absolute atomic E-state index is 0.112. The fourth-order valence-electron chi connectivity index (χ4n) is 3.22. The van der Waals surface area contributed by atoms with Crippen molar-refractivity contribution in [1.82, 2.24) is 5.32 Å². The Labute approximate surface area is 145 Å². The van der Waals surface area contributed by atoms with Crippen LogP contribution in [0, 0.1) is 6.92 Å². The molecule has 4 nitrogen and oxygen atoms in total. The Hall–Kier alpha value is -1.55. The Morgan fingerprint density at radius 1 is 1.25 bits per heavy atom. The lowest BCUT2D eigenvalue weighted by atomic mass is 9.98. The van der Waals surface area contributed by atoms with Gasteiger partial charge in [-0.15, -0.1) is 0 Å². The summed E-state index contributed by atoms with van der Waals surface area (Å²) >= 11 is 0. The van der Waals surface area contributed by atoms with Crippen LogP contribution in [0.4, 0.5) is 0 Å². The van der Waals surface area contributed by atoms with Crippen molar-refractivity contribution in [2.24, 2.45) is 0 Å². The number of carbonyl (C=O) groups excluding carboxylic acids is 1. The molecule has 0 heterocycles. The summed E-state index contributed by atoms with van der Waals surface area (Å²) in [6, 6.07) is 6.08. The van der Waals surface area contributed by atoms with Crippen LogP contribution < -0.4 is 10.1 Å². The zero-order valence-electron chi connectivity index (χ0n) is 15.1.